The van der Waals surface area contributed by atoms with Gasteiger partial charge in [0, 0.05) is 18.4 Å². The molecule has 1 heterocycles. The third-order valence-corrected chi connectivity index (χ3v) is 3.83. The molecule has 1 fully saturated rings. The van der Waals surface area contributed by atoms with Gasteiger partial charge < -0.3 is 4.90 Å². The summed E-state index contributed by atoms with van der Waals surface area (Å²) in [4.78, 5) is 2.58. The Bertz CT molecular complexity index is 297. The van der Waals surface area contributed by atoms with Gasteiger partial charge in [-0.1, -0.05) is 26.7 Å². The zero-order chi connectivity index (χ0) is 13.8. The summed E-state index contributed by atoms with van der Waals surface area (Å²) in [6.45, 7) is 17.3. The number of hydrogen-bond donors (Lipinski definition) is 0. The molecule has 1 aliphatic rings. The summed E-state index contributed by atoms with van der Waals surface area (Å²) < 4.78 is 0. The van der Waals surface area contributed by atoms with Crippen molar-refractivity contribution in [2.24, 2.45) is 16.7 Å². The highest BCUT2D eigenvalue weighted by atomic mass is 15.1. The molecule has 1 rings (SSSR count). The predicted molar refractivity (Wildman–Crippen MR) is 80.5 cm³/mol. The Kier molecular flexibility index (Phi) is 5.29. The summed E-state index contributed by atoms with van der Waals surface area (Å²) in [6.07, 6.45) is 3.74. The van der Waals surface area contributed by atoms with Crippen molar-refractivity contribution in [3.05, 3.63) is 0 Å². The summed E-state index contributed by atoms with van der Waals surface area (Å²) >= 11 is 0. The standard InChI is InChI=1S/C17H31N/c1-16(2,3)11-7-8-12-18-13-9-15(10-14-18)17(4,5)6/h15H,8-10,12-14H2,1-6H3. The first-order valence-corrected chi connectivity index (χ1v) is 7.41. The van der Waals surface area contributed by atoms with Crippen molar-refractivity contribution in [3.8, 4) is 11.8 Å². The minimum atomic E-state index is 0.152. The summed E-state index contributed by atoms with van der Waals surface area (Å²) in [7, 11) is 0. The van der Waals surface area contributed by atoms with Crippen molar-refractivity contribution in [2.45, 2.75) is 60.8 Å². The predicted octanol–water partition coefficient (Wildman–Crippen LogP) is 4.18. The van der Waals surface area contributed by atoms with Crippen molar-refractivity contribution in [2.75, 3.05) is 19.6 Å². The fraction of sp³-hybridized carbons (Fsp3) is 0.882. The lowest BCUT2D eigenvalue weighted by atomic mass is 9.75. The molecule has 0 N–H and O–H groups in total. The molecule has 104 valence electrons. The minimum Gasteiger partial charge on any atom is -0.302 e. The smallest absolute Gasteiger partial charge is 0.0230 e. The van der Waals surface area contributed by atoms with Crippen LogP contribution in [0.3, 0.4) is 0 Å². The molecule has 1 saturated heterocycles. The number of hydrogen-bond acceptors (Lipinski definition) is 1. The third kappa shape index (κ3) is 5.91. The molecule has 0 spiro atoms. The molecule has 0 aliphatic carbocycles. The second-order valence-corrected chi connectivity index (χ2v) is 7.78. The Balaban J connectivity index is 2.26. The molecule has 0 atom stereocenters. The Hall–Kier alpha value is -0.480. The number of piperidine rings is 1. The Morgan fingerprint density at radius 2 is 1.56 bits per heavy atom. The average molecular weight is 249 g/mol. The molecule has 0 aromatic heterocycles. The van der Waals surface area contributed by atoms with Crippen LogP contribution in [-0.2, 0) is 0 Å². The van der Waals surface area contributed by atoms with Gasteiger partial charge in [0.15, 0.2) is 0 Å². The third-order valence-electron chi connectivity index (χ3n) is 3.83. The molecular weight excluding hydrogens is 218 g/mol. The lowest BCUT2D eigenvalue weighted by molar-refractivity contribution is 0.114. The van der Waals surface area contributed by atoms with Gasteiger partial charge in [0.25, 0.3) is 0 Å². The van der Waals surface area contributed by atoms with Crippen molar-refractivity contribution in [3.63, 3.8) is 0 Å². The fourth-order valence-electron chi connectivity index (χ4n) is 2.56. The van der Waals surface area contributed by atoms with Crippen molar-refractivity contribution in [1.82, 2.24) is 4.90 Å². The maximum Gasteiger partial charge on any atom is 0.0230 e. The van der Waals surface area contributed by atoms with Crippen LogP contribution in [0.25, 0.3) is 0 Å². The van der Waals surface area contributed by atoms with E-state index in [1.807, 2.05) is 0 Å². The van der Waals surface area contributed by atoms with E-state index in [1.54, 1.807) is 0 Å². The lowest BCUT2D eigenvalue weighted by Crippen LogP contribution is -2.38. The van der Waals surface area contributed by atoms with E-state index in [-0.39, 0.29) is 5.41 Å². The van der Waals surface area contributed by atoms with Gasteiger partial charge in [0.2, 0.25) is 0 Å². The molecule has 1 nitrogen and oxygen atoms in total. The second-order valence-electron chi connectivity index (χ2n) is 7.78. The molecular formula is C17H31N. The Labute approximate surface area is 114 Å². The summed E-state index contributed by atoms with van der Waals surface area (Å²) in [5, 5.41) is 0. The van der Waals surface area contributed by atoms with Crippen LogP contribution in [0.5, 0.6) is 0 Å². The topological polar surface area (TPSA) is 3.24 Å². The normalized spacial score (nSPS) is 19.4. The van der Waals surface area contributed by atoms with Crippen LogP contribution in [0.1, 0.15) is 60.8 Å². The van der Waals surface area contributed by atoms with Gasteiger partial charge in [-0.25, -0.2) is 0 Å². The Morgan fingerprint density at radius 3 is 2.00 bits per heavy atom. The molecule has 0 saturated carbocycles. The molecule has 1 heteroatoms. The molecule has 0 unspecified atom stereocenters. The molecule has 0 aromatic carbocycles. The Morgan fingerprint density at radius 1 is 1.00 bits per heavy atom. The quantitative estimate of drug-likeness (QED) is 0.663. The molecule has 18 heavy (non-hydrogen) atoms. The van der Waals surface area contributed by atoms with Crippen molar-refractivity contribution in [1.29, 1.82) is 0 Å². The van der Waals surface area contributed by atoms with E-state index in [0.29, 0.717) is 5.41 Å². The van der Waals surface area contributed by atoms with Gasteiger partial charge >= 0.3 is 0 Å². The van der Waals surface area contributed by atoms with Crippen LogP contribution in [0.2, 0.25) is 0 Å². The van der Waals surface area contributed by atoms with Crippen LogP contribution in [-0.4, -0.2) is 24.5 Å². The minimum absolute atomic E-state index is 0.152. The van der Waals surface area contributed by atoms with E-state index in [4.69, 9.17) is 0 Å². The maximum atomic E-state index is 3.32. The maximum absolute atomic E-state index is 3.32. The number of likely N-dealkylation sites (tertiary alicyclic amines) is 1. The number of nitrogens with zero attached hydrogens (tertiary/aromatic N) is 1. The lowest BCUT2D eigenvalue weighted by Gasteiger charge is -2.38. The van der Waals surface area contributed by atoms with E-state index in [1.165, 1.54) is 25.9 Å². The van der Waals surface area contributed by atoms with Crippen molar-refractivity contribution < 1.29 is 0 Å². The van der Waals surface area contributed by atoms with Gasteiger partial charge in [0.1, 0.15) is 0 Å². The van der Waals surface area contributed by atoms with Gasteiger partial charge in [-0.15, -0.1) is 5.92 Å². The highest BCUT2D eigenvalue weighted by Crippen LogP contribution is 2.34. The number of rotatable bonds is 2. The van der Waals surface area contributed by atoms with E-state index in [0.717, 1.165) is 18.9 Å². The van der Waals surface area contributed by atoms with Crippen molar-refractivity contribution >= 4 is 0 Å². The first kappa shape index (κ1) is 15.6. The molecule has 1 aliphatic heterocycles. The molecule has 0 bridgehead atoms. The average Bonchev–Trinajstić information content (AvgIpc) is 2.22. The molecule has 0 aromatic rings. The van der Waals surface area contributed by atoms with Gasteiger partial charge in [-0.05, 0) is 58.0 Å². The highest BCUT2D eigenvalue weighted by Gasteiger charge is 2.28. The van der Waals surface area contributed by atoms with Crippen LogP contribution in [0.15, 0.2) is 0 Å². The molecule has 0 amide bonds. The zero-order valence-corrected chi connectivity index (χ0v) is 13.3. The largest absolute Gasteiger partial charge is 0.302 e. The summed E-state index contributed by atoms with van der Waals surface area (Å²) in [5.41, 5.74) is 0.636. The van der Waals surface area contributed by atoms with Crippen LogP contribution in [0.4, 0.5) is 0 Å². The summed E-state index contributed by atoms with van der Waals surface area (Å²) in [5.74, 6) is 7.54. The van der Waals surface area contributed by atoms with Crippen LogP contribution >= 0.6 is 0 Å². The first-order valence-electron chi connectivity index (χ1n) is 7.41. The van der Waals surface area contributed by atoms with Crippen LogP contribution < -0.4 is 0 Å². The fourth-order valence-corrected chi connectivity index (χ4v) is 2.56. The highest BCUT2D eigenvalue weighted by molar-refractivity contribution is 5.07. The van der Waals surface area contributed by atoms with E-state index < -0.39 is 0 Å². The first-order chi connectivity index (χ1) is 8.18. The monoisotopic (exact) mass is 249 g/mol. The van der Waals surface area contributed by atoms with E-state index >= 15 is 0 Å². The van der Waals surface area contributed by atoms with Gasteiger partial charge in [-0.3, -0.25) is 0 Å². The second kappa shape index (κ2) is 6.11. The van der Waals surface area contributed by atoms with E-state index in [9.17, 15) is 0 Å². The molecule has 0 radical (unpaired) electrons. The summed E-state index contributed by atoms with van der Waals surface area (Å²) in [6, 6.07) is 0. The zero-order valence-electron chi connectivity index (χ0n) is 13.3. The SMILES string of the molecule is CC(C)(C)C#CCCN1CCC(C(C)(C)C)CC1. The van der Waals surface area contributed by atoms with Gasteiger partial charge in [-0.2, -0.15) is 0 Å². The van der Waals surface area contributed by atoms with Crippen LogP contribution in [0, 0.1) is 28.6 Å². The van der Waals surface area contributed by atoms with E-state index in [2.05, 4.69) is 58.3 Å². The van der Waals surface area contributed by atoms with Gasteiger partial charge in [0.05, 0.1) is 0 Å².